The Morgan fingerprint density at radius 1 is 1.04 bits per heavy atom. The van der Waals surface area contributed by atoms with E-state index >= 15 is 0 Å². The predicted molar refractivity (Wildman–Crippen MR) is 98.0 cm³/mol. The molecule has 2 aromatic carbocycles. The molecule has 0 bridgehead atoms. The van der Waals surface area contributed by atoms with Gasteiger partial charge in [0.05, 0.1) is 12.6 Å². The molecule has 138 valence electrons. The van der Waals surface area contributed by atoms with E-state index in [1.807, 2.05) is 38.1 Å². The van der Waals surface area contributed by atoms with Crippen LogP contribution in [0.1, 0.15) is 37.1 Å². The molecular formula is C20H24N2O4. The zero-order valence-corrected chi connectivity index (χ0v) is 14.9. The lowest BCUT2D eigenvalue weighted by Crippen LogP contribution is -2.33. The molecule has 3 atom stereocenters. The van der Waals surface area contributed by atoms with Crippen LogP contribution in [0.2, 0.25) is 0 Å². The minimum atomic E-state index is -0.324. The van der Waals surface area contributed by atoms with E-state index in [0.717, 1.165) is 11.1 Å². The van der Waals surface area contributed by atoms with Crippen molar-refractivity contribution in [3.63, 3.8) is 0 Å². The molecule has 1 aliphatic heterocycles. The third-order valence-corrected chi connectivity index (χ3v) is 4.79. The van der Waals surface area contributed by atoms with Crippen LogP contribution in [0.5, 0.6) is 11.5 Å². The Balaban J connectivity index is 1.55. The van der Waals surface area contributed by atoms with Gasteiger partial charge in [0, 0.05) is 12.6 Å². The van der Waals surface area contributed by atoms with Gasteiger partial charge in [-0.3, -0.25) is 4.90 Å². The lowest BCUT2D eigenvalue weighted by atomic mass is 10.1. The molecule has 26 heavy (non-hydrogen) atoms. The van der Waals surface area contributed by atoms with Gasteiger partial charge in [-0.25, -0.2) is 4.79 Å². The molecule has 0 radical (unpaired) electrons. The molecule has 0 aliphatic carbocycles. The third-order valence-electron chi connectivity index (χ3n) is 4.79. The average Bonchev–Trinajstić information content (AvgIpc) is 3.01. The first kappa shape index (κ1) is 18.1. The van der Waals surface area contributed by atoms with Crippen LogP contribution in [0.25, 0.3) is 0 Å². The maximum atomic E-state index is 12.2. The zero-order chi connectivity index (χ0) is 18.7. The molecule has 1 aliphatic rings. The summed E-state index contributed by atoms with van der Waals surface area (Å²) < 4.78 is 5.48. The van der Waals surface area contributed by atoms with Crippen LogP contribution >= 0.6 is 0 Å². The predicted octanol–water partition coefficient (Wildman–Crippen LogP) is 3.33. The number of nitrogens with zero attached hydrogens (tertiary/aromatic N) is 1. The van der Waals surface area contributed by atoms with Crippen LogP contribution in [-0.4, -0.2) is 40.4 Å². The van der Waals surface area contributed by atoms with E-state index in [-0.39, 0.29) is 35.8 Å². The van der Waals surface area contributed by atoms with Gasteiger partial charge in [-0.1, -0.05) is 24.3 Å². The number of ether oxygens (including phenoxy) is 1. The maximum Gasteiger partial charge on any atom is 0.410 e. The smallest absolute Gasteiger partial charge is 0.410 e. The number of cyclic esters (lactones) is 1. The van der Waals surface area contributed by atoms with Crippen molar-refractivity contribution in [2.45, 2.75) is 32.0 Å². The molecule has 0 saturated carbocycles. The Hall–Kier alpha value is -2.73. The first-order valence-corrected chi connectivity index (χ1v) is 8.72. The number of nitrogens with one attached hydrogen (secondary N) is 1. The standard InChI is InChI=1S/C20H24N2O4/c1-13(15-3-7-17(23)8-4-15)21-11-19-12-22(20(25)26-19)14(2)16-5-9-18(24)10-6-16/h3-10,13-14,19,21,23-24H,11-12H2,1-2H3. The fraction of sp³-hybridized carbons (Fsp3) is 0.350. The summed E-state index contributed by atoms with van der Waals surface area (Å²) in [6, 6.07) is 13.9. The summed E-state index contributed by atoms with van der Waals surface area (Å²) in [5.41, 5.74) is 2.01. The Kier molecular flexibility index (Phi) is 5.32. The number of carbonyl (C=O) groups excluding carboxylic acids is 1. The van der Waals surface area contributed by atoms with Gasteiger partial charge in [0.1, 0.15) is 17.6 Å². The van der Waals surface area contributed by atoms with Crippen molar-refractivity contribution in [1.29, 1.82) is 0 Å². The minimum absolute atomic E-state index is 0.0814. The number of carbonyl (C=O) groups is 1. The summed E-state index contributed by atoms with van der Waals surface area (Å²) in [7, 11) is 0. The molecule has 6 heteroatoms. The highest BCUT2D eigenvalue weighted by atomic mass is 16.6. The van der Waals surface area contributed by atoms with Gasteiger partial charge in [0.2, 0.25) is 0 Å². The number of hydrogen-bond donors (Lipinski definition) is 3. The van der Waals surface area contributed by atoms with Crippen LogP contribution < -0.4 is 5.32 Å². The van der Waals surface area contributed by atoms with Gasteiger partial charge in [-0.2, -0.15) is 0 Å². The van der Waals surface area contributed by atoms with Crippen LogP contribution in [-0.2, 0) is 4.74 Å². The minimum Gasteiger partial charge on any atom is -0.508 e. The number of aromatic hydroxyl groups is 2. The Morgan fingerprint density at radius 2 is 1.58 bits per heavy atom. The van der Waals surface area contributed by atoms with Crippen LogP contribution in [0.15, 0.2) is 48.5 Å². The van der Waals surface area contributed by atoms with Gasteiger partial charge in [-0.15, -0.1) is 0 Å². The lowest BCUT2D eigenvalue weighted by Gasteiger charge is -2.22. The number of amides is 1. The Labute approximate surface area is 153 Å². The maximum absolute atomic E-state index is 12.2. The molecule has 0 spiro atoms. The SMILES string of the molecule is CC(NCC1CN(C(C)c2ccc(O)cc2)C(=O)O1)c1ccc(O)cc1. The summed E-state index contributed by atoms with van der Waals surface area (Å²) in [6.07, 6.45) is -0.545. The molecule has 2 aromatic rings. The highest BCUT2D eigenvalue weighted by Crippen LogP contribution is 2.27. The summed E-state index contributed by atoms with van der Waals surface area (Å²) >= 11 is 0. The molecule has 3 rings (SSSR count). The van der Waals surface area contributed by atoms with Crippen molar-refractivity contribution < 1.29 is 19.7 Å². The topological polar surface area (TPSA) is 82.0 Å². The molecule has 1 saturated heterocycles. The molecule has 3 unspecified atom stereocenters. The van der Waals surface area contributed by atoms with Crippen molar-refractivity contribution in [1.82, 2.24) is 10.2 Å². The summed E-state index contributed by atoms with van der Waals surface area (Å²) in [4.78, 5) is 13.9. The number of phenols is 2. The van der Waals surface area contributed by atoms with Gasteiger partial charge in [-0.05, 0) is 49.2 Å². The first-order valence-electron chi connectivity index (χ1n) is 8.72. The second kappa shape index (κ2) is 7.66. The lowest BCUT2D eigenvalue weighted by molar-refractivity contribution is 0.127. The number of phenolic OH excluding ortho intramolecular Hbond substituents is 2. The van der Waals surface area contributed by atoms with E-state index in [0.29, 0.717) is 13.1 Å². The summed E-state index contributed by atoms with van der Waals surface area (Å²) in [5.74, 6) is 0.444. The van der Waals surface area contributed by atoms with E-state index in [2.05, 4.69) is 5.32 Å². The second-order valence-electron chi connectivity index (χ2n) is 6.65. The molecule has 3 N–H and O–H groups in total. The highest BCUT2D eigenvalue weighted by molar-refractivity contribution is 5.70. The highest BCUT2D eigenvalue weighted by Gasteiger charge is 2.34. The number of hydrogen-bond acceptors (Lipinski definition) is 5. The Morgan fingerprint density at radius 3 is 2.15 bits per heavy atom. The fourth-order valence-electron chi connectivity index (χ4n) is 3.09. The average molecular weight is 356 g/mol. The van der Waals surface area contributed by atoms with E-state index in [1.54, 1.807) is 29.2 Å². The van der Waals surface area contributed by atoms with E-state index in [9.17, 15) is 15.0 Å². The van der Waals surface area contributed by atoms with Crippen molar-refractivity contribution >= 4 is 6.09 Å². The van der Waals surface area contributed by atoms with E-state index < -0.39 is 0 Å². The van der Waals surface area contributed by atoms with Gasteiger partial charge in [0.25, 0.3) is 0 Å². The molecular weight excluding hydrogens is 332 g/mol. The molecule has 1 fully saturated rings. The van der Waals surface area contributed by atoms with Crippen molar-refractivity contribution in [2.75, 3.05) is 13.1 Å². The van der Waals surface area contributed by atoms with E-state index in [1.165, 1.54) is 0 Å². The molecule has 1 amide bonds. The van der Waals surface area contributed by atoms with Gasteiger partial charge >= 0.3 is 6.09 Å². The first-order chi connectivity index (χ1) is 12.4. The Bertz CT molecular complexity index is 745. The normalized spacial score (nSPS) is 19.2. The largest absolute Gasteiger partial charge is 0.508 e. The van der Waals surface area contributed by atoms with Gasteiger partial charge in [0.15, 0.2) is 0 Å². The van der Waals surface area contributed by atoms with Gasteiger partial charge < -0.3 is 20.3 Å². The zero-order valence-electron chi connectivity index (χ0n) is 14.9. The molecule has 1 heterocycles. The molecule has 0 aromatic heterocycles. The monoisotopic (exact) mass is 356 g/mol. The van der Waals surface area contributed by atoms with Crippen molar-refractivity contribution in [3.8, 4) is 11.5 Å². The van der Waals surface area contributed by atoms with Crippen LogP contribution in [0.4, 0.5) is 4.79 Å². The third kappa shape index (κ3) is 4.08. The van der Waals surface area contributed by atoms with Crippen molar-refractivity contribution in [2.24, 2.45) is 0 Å². The van der Waals surface area contributed by atoms with Crippen molar-refractivity contribution in [3.05, 3.63) is 59.7 Å². The summed E-state index contributed by atoms with van der Waals surface area (Å²) in [5, 5.41) is 22.1. The van der Waals surface area contributed by atoms with E-state index in [4.69, 9.17) is 4.74 Å². The summed E-state index contributed by atoms with van der Waals surface area (Å²) in [6.45, 7) is 5.03. The second-order valence-corrected chi connectivity index (χ2v) is 6.65. The number of benzene rings is 2. The molecule has 6 nitrogen and oxygen atoms in total. The van der Waals surface area contributed by atoms with Crippen LogP contribution in [0.3, 0.4) is 0 Å². The quantitative estimate of drug-likeness (QED) is 0.740. The number of rotatable bonds is 6. The van der Waals surface area contributed by atoms with Crippen LogP contribution in [0, 0.1) is 0 Å². The fourth-order valence-corrected chi connectivity index (χ4v) is 3.09.